The fourth-order valence-electron chi connectivity index (χ4n) is 7.00. The zero-order valence-electron chi connectivity index (χ0n) is 40.0. The number of hydrogen-bond donors (Lipinski definition) is 6. The van der Waals surface area contributed by atoms with Crippen molar-refractivity contribution in [3.8, 4) is 22.3 Å². The molecular weight excluding hydrogens is 888 g/mol. The van der Waals surface area contributed by atoms with Crippen LogP contribution in [0.5, 0.6) is 0 Å². The Morgan fingerprint density at radius 3 is 1.30 bits per heavy atom. The van der Waals surface area contributed by atoms with E-state index in [-0.39, 0.29) is 90.7 Å². The van der Waals surface area contributed by atoms with Crippen LogP contribution < -0.4 is 26.6 Å². The van der Waals surface area contributed by atoms with E-state index in [0.717, 1.165) is 31.7 Å². The molecule has 12 nitrogen and oxygen atoms in total. The van der Waals surface area contributed by atoms with Crippen LogP contribution in [0.4, 0.5) is 18.9 Å². The number of carboxylic acid groups (broad SMARTS) is 1. The molecule has 0 aromatic heterocycles. The number of amides is 5. The normalized spacial score (nSPS) is 13.3. The van der Waals surface area contributed by atoms with E-state index < -0.39 is 35.2 Å². The Morgan fingerprint density at radius 1 is 0.507 bits per heavy atom. The van der Waals surface area contributed by atoms with Gasteiger partial charge < -0.3 is 31.7 Å². The van der Waals surface area contributed by atoms with Crippen LogP contribution in [0.3, 0.4) is 0 Å². The monoisotopic (exact) mass is 945 g/mol. The van der Waals surface area contributed by atoms with Crippen LogP contribution in [0.1, 0.15) is 141 Å². The summed E-state index contributed by atoms with van der Waals surface area (Å²) in [5, 5.41) is 23.8. The molecule has 5 aromatic carbocycles. The Hall–Kier alpha value is -7.29. The van der Waals surface area contributed by atoms with Crippen molar-refractivity contribution in [3.05, 3.63) is 147 Å². The summed E-state index contributed by atoms with van der Waals surface area (Å²) in [5.74, 6) is -4.96. The van der Waals surface area contributed by atoms with Crippen LogP contribution in [0, 0.1) is 42.1 Å². The average Bonchev–Trinajstić information content (AvgIpc) is 4.25. The van der Waals surface area contributed by atoms with Crippen molar-refractivity contribution in [2.75, 3.05) is 18.4 Å². The third-order valence-electron chi connectivity index (χ3n) is 11.3. The second-order valence-corrected chi connectivity index (χ2v) is 20.0. The Balaban J connectivity index is 0.000000232. The van der Waals surface area contributed by atoms with Crippen LogP contribution in [-0.2, 0) is 0 Å². The molecule has 5 amide bonds. The molecule has 0 radical (unpaired) electrons. The van der Waals surface area contributed by atoms with Crippen molar-refractivity contribution in [2.45, 2.75) is 93.2 Å². The molecule has 0 heterocycles. The molecule has 7 rings (SSSR count). The molecule has 0 saturated heterocycles. The van der Waals surface area contributed by atoms with Gasteiger partial charge in [0, 0.05) is 58.7 Å². The number of carbonyl (C=O) groups is 6. The Kier molecular flexibility index (Phi) is 15.5. The third kappa shape index (κ3) is 13.9. The molecule has 5 aromatic rings. The highest BCUT2D eigenvalue weighted by atomic mass is 19.1. The van der Waals surface area contributed by atoms with Crippen molar-refractivity contribution >= 4 is 41.2 Å². The lowest BCUT2D eigenvalue weighted by Gasteiger charge is -2.19. The maximum atomic E-state index is 15.0. The molecule has 69 heavy (non-hydrogen) atoms. The number of carbonyl (C=O) groups excluding carboxylic acids is 5. The summed E-state index contributed by atoms with van der Waals surface area (Å²) in [7, 11) is 0. The van der Waals surface area contributed by atoms with E-state index in [4.69, 9.17) is 0 Å². The molecule has 2 saturated carbocycles. The number of anilines is 1. The lowest BCUT2D eigenvalue weighted by atomic mass is 9.91. The van der Waals surface area contributed by atoms with Gasteiger partial charge >= 0.3 is 5.97 Å². The number of rotatable bonds is 13. The quantitative estimate of drug-likeness (QED) is 0.0679. The van der Waals surface area contributed by atoms with E-state index in [0.29, 0.717) is 35.5 Å². The van der Waals surface area contributed by atoms with E-state index in [9.17, 15) is 47.0 Å². The van der Waals surface area contributed by atoms with Gasteiger partial charge in [-0.2, -0.15) is 0 Å². The number of benzene rings is 5. The number of carboxylic acids is 1. The number of hydrogen-bond acceptors (Lipinski definition) is 6. The molecule has 0 spiro atoms. The standard InChI is InChI=1S/C30H31F2N3O3.C24H27FN2O4/c1-17-24(14-19(15-26(17)32)28(37)34-22-10-11-22)23-12-5-18(27(36)33-16-30(2,3)4)13-25(23)29(38)35-21-8-6-20(31)7-9-21;1-13-18(10-15(11-20(13)25)22(29)27-16-6-7-16)17-8-5-14(9-19(17)23(30)31)21(28)26-12-24(2,3)4/h5-9,12-15,22H,10-11,16H2,1-4H3,(H,33,36)(H,34,37)(H,35,38);5,8-11,16H,6-7,12H2,1-4H3,(H,26,28)(H,27,29)(H,30,31). The SMILES string of the molecule is Cc1c(F)cc(C(=O)NC2CC2)cc1-c1ccc(C(=O)NCC(C)(C)C)cc1C(=O)Nc1ccc(F)cc1.Cc1c(F)cc(C(=O)NC2CC2)cc1-c1ccc(C(=O)NCC(C)(C)C)cc1C(=O)O. The van der Waals surface area contributed by atoms with Gasteiger partial charge in [0.05, 0.1) is 5.56 Å². The first kappa shape index (κ1) is 51.1. The zero-order chi connectivity index (χ0) is 50.5. The molecule has 2 aliphatic carbocycles. The van der Waals surface area contributed by atoms with Crippen molar-refractivity contribution in [1.29, 1.82) is 0 Å². The van der Waals surface area contributed by atoms with E-state index in [1.54, 1.807) is 25.1 Å². The molecule has 15 heteroatoms. The molecule has 0 bridgehead atoms. The Labute approximate surface area is 399 Å². The van der Waals surface area contributed by atoms with Gasteiger partial charge in [0.2, 0.25) is 0 Å². The lowest BCUT2D eigenvalue weighted by molar-refractivity contribution is 0.0696. The van der Waals surface area contributed by atoms with Crippen LogP contribution in [0.25, 0.3) is 22.3 Å². The highest BCUT2D eigenvalue weighted by Gasteiger charge is 2.28. The second kappa shape index (κ2) is 20.9. The topological polar surface area (TPSA) is 183 Å². The summed E-state index contributed by atoms with van der Waals surface area (Å²) in [6, 6.07) is 19.7. The van der Waals surface area contributed by atoms with Crippen molar-refractivity contribution in [1.82, 2.24) is 21.3 Å². The summed E-state index contributed by atoms with van der Waals surface area (Å²) in [5.41, 5.74) is 2.55. The van der Waals surface area contributed by atoms with Gasteiger partial charge in [0.15, 0.2) is 0 Å². The summed E-state index contributed by atoms with van der Waals surface area (Å²) in [6.07, 6.45) is 3.57. The van der Waals surface area contributed by atoms with Gasteiger partial charge in [-0.15, -0.1) is 0 Å². The Bertz CT molecular complexity index is 2820. The maximum absolute atomic E-state index is 15.0. The van der Waals surface area contributed by atoms with E-state index in [1.807, 2.05) is 41.5 Å². The van der Waals surface area contributed by atoms with Crippen LogP contribution >= 0.6 is 0 Å². The predicted molar refractivity (Wildman–Crippen MR) is 259 cm³/mol. The summed E-state index contributed by atoms with van der Waals surface area (Å²) in [4.78, 5) is 75.8. The van der Waals surface area contributed by atoms with E-state index in [1.165, 1.54) is 67.6 Å². The van der Waals surface area contributed by atoms with E-state index in [2.05, 4.69) is 26.6 Å². The summed E-state index contributed by atoms with van der Waals surface area (Å²) in [6.45, 7) is 15.8. The summed E-state index contributed by atoms with van der Waals surface area (Å²) >= 11 is 0. The van der Waals surface area contributed by atoms with Gasteiger partial charge in [-0.3, -0.25) is 24.0 Å². The first-order valence-corrected chi connectivity index (χ1v) is 22.7. The molecule has 6 N–H and O–H groups in total. The maximum Gasteiger partial charge on any atom is 0.336 e. The molecular formula is C54H58F3N5O7. The highest BCUT2D eigenvalue weighted by molar-refractivity contribution is 6.11. The fraction of sp³-hybridized carbons (Fsp3) is 0.333. The van der Waals surface area contributed by atoms with Gasteiger partial charge in [-0.25, -0.2) is 18.0 Å². The van der Waals surface area contributed by atoms with Crippen molar-refractivity contribution in [3.63, 3.8) is 0 Å². The highest BCUT2D eigenvalue weighted by Crippen LogP contribution is 2.34. The second-order valence-electron chi connectivity index (χ2n) is 20.0. The van der Waals surface area contributed by atoms with Crippen LogP contribution in [0.2, 0.25) is 0 Å². The minimum absolute atomic E-state index is 0.0956. The molecule has 0 aliphatic heterocycles. The molecule has 2 aliphatic rings. The smallest absolute Gasteiger partial charge is 0.336 e. The van der Waals surface area contributed by atoms with Crippen LogP contribution in [0.15, 0.2) is 84.9 Å². The van der Waals surface area contributed by atoms with Gasteiger partial charge in [-0.05, 0) is 157 Å². The third-order valence-corrected chi connectivity index (χ3v) is 11.3. The number of aromatic carboxylic acids is 1. The first-order chi connectivity index (χ1) is 32.4. The number of halogens is 3. The molecule has 362 valence electrons. The van der Waals surface area contributed by atoms with Crippen molar-refractivity contribution < 1.29 is 47.0 Å². The van der Waals surface area contributed by atoms with E-state index >= 15 is 0 Å². The van der Waals surface area contributed by atoms with Crippen molar-refractivity contribution in [2.24, 2.45) is 10.8 Å². The molecule has 0 atom stereocenters. The van der Waals surface area contributed by atoms with Gasteiger partial charge in [-0.1, -0.05) is 53.7 Å². The van der Waals surface area contributed by atoms with Gasteiger partial charge in [0.1, 0.15) is 17.5 Å². The van der Waals surface area contributed by atoms with Gasteiger partial charge in [0.25, 0.3) is 29.5 Å². The lowest BCUT2D eigenvalue weighted by Crippen LogP contribution is -2.32. The summed E-state index contributed by atoms with van der Waals surface area (Å²) < 4.78 is 43.0. The molecule has 2 fully saturated rings. The zero-order valence-corrected chi connectivity index (χ0v) is 40.0. The largest absolute Gasteiger partial charge is 0.478 e. The van der Waals surface area contributed by atoms with Crippen LogP contribution in [-0.4, -0.2) is 65.8 Å². The average molecular weight is 946 g/mol. The molecule has 0 unspecified atom stereocenters. The Morgan fingerprint density at radius 2 is 0.913 bits per heavy atom. The predicted octanol–water partition coefficient (Wildman–Crippen LogP) is 10.0. The first-order valence-electron chi connectivity index (χ1n) is 22.7. The fourth-order valence-corrected chi connectivity index (χ4v) is 7.00. The minimum Gasteiger partial charge on any atom is -0.478 e. The minimum atomic E-state index is -1.24. The number of nitrogens with one attached hydrogen (secondary N) is 5.